The predicted octanol–water partition coefficient (Wildman–Crippen LogP) is 0.445. The van der Waals surface area contributed by atoms with Crippen LogP contribution >= 0.6 is 0 Å². The Labute approximate surface area is 75.1 Å². The van der Waals surface area contributed by atoms with Crippen LogP contribution in [0.2, 0.25) is 0 Å². The minimum absolute atomic E-state index is 0.144. The lowest BCUT2D eigenvalue weighted by Crippen LogP contribution is -1.93. The van der Waals surface area contributed by atoms with Gasteiger partial charge in [0.2, 0.25) is 0 Å². The molecule has 4 heteroatoms. The van der Waals surface area contributed by atoms with Gasteiger partial charge in [-0.05, 0) is 18.6 Å². The zero-order valence-corrected chi connectivity index (χ0v) is 6.90. The highest BCUT2D eigenvalue weighted by molar-refractivity contribution is 5.77. The molecule has 1 rings (SSSR count). The molecule has 70 valence electrons. The van der Waals surface area contributed by atoms with Gasteiger partial charge in [-0.25, -0.2) is 0 Å². The van der Waals surface area contributed by atoms with Crippen molar-refractivity contribution in [2.45, 2.75) is 6.42 Å². The highest BCUT2D eigenvalue weighted by Gasteiger charge is 2.07. The minimum atomic E-state index is -0.340. The largest absolute Gasteiger partial charge is 0.504 e. The Hall–Kier alpha value is -1.55. The van der Waals surface area contributed by atoms with Gasteiger partial charge in [0, 0.05) is 17.7 Å². The maximum atomic E-state index is 10.4. The van der Waals surface area contributed by atoms with Gasteiger partial charge in [0.25, 0.3) is 0 Å². The van der Waals surface area contributed by atoms with E-state index in [1.165, 1.54) is 12.1 Å². The molecule has 0 aliphatic heterocycles. The number of hydrogen-bond donors (Lipinski definition) is 3. The first kappa shape index (κ1) is 9.54. The molecule has 0 saturated carbocycles. The molecule has 0 radical (unpaired) electrons. The number of aliphatic hydroxyl groups excluding tert-OH is 1. The van der Waals surface area contributed by atoms with Crippen molar-refractivity contribution >= 4 is 6.29 Å². The second-order valence-corrected chi connectivity index (χ2v) is 2.64. The van der Waals surface area contributed by atoms with Crippen LogP contribution in [0.1, 0.15) is 15.9 Å². The molecule has 1 aromatic carbocycles. The van der Waals surface area contributed by atoms with Crippen LogP contribution in [0.5, 0.6) is 11.5 Å². The van der Waals surface area contributed by atoms with E-state index in [9.17, 15) is 9.90 Å². The van der Waals surface area contributed by atoms with E-state index in [-0.39, 0.29) is 30.1 Å². The standard InChI is InChI=1S/C9H10O4/c10-2-1-7-3-6(5-11)4-8(12)9(7)13/h3-5,10,12-13H,1-2H2. The van der Waals surface area contributed by atoms with Gasteiger partial charge in [-0.2, -0.15) is 0 Å². The number of phenolic OH excluding ortho intramolecular Hbond substituents is 2. The van der Waals surface area contributed by atoms with Crippen molar-refractivity contribution in [3.05, 3.63) is 23.3 Å². The first-order valence-corrected chi connectivity index (χ1v) is 3.80. The summed E-state index contributed by atoms with van der Waals surface area (Å²) in [5.74, 6) is -0.618. The third-order valence-corrected chi connectivity index (χ3v) is 1.71. The average molecular weight is 182 g/mol. The van der Waals surface area contributed by atoms with Gasteiger partial charge in [0.1, 0.15) is 6.29 Å². The minimum Gasteiger partial charge on any atom is -0.504 e. The molecule has 0 bridgehead atoms. The lowest BCUT2D eigenvalue weighted by atomic mass is 10.1. The maximum absolute atomic E-state index is 10.4. The highest BCUT2D eigenvalue weighted by Crippen LogP contribution is 2.30. The molecular weight excluding hydrogens is 172 g/mol. The molecule has 0 atom stereocenters. The Kier molecular flexibility index (Phi) is 2.87. The molecule has 1 aromatic rings. The van der Waals surface area contributed by atoms with E-state index in [0.717, 1.165) is 0 Å². The summed E-state index contributed by atoms with van der Waals surface area (Å²) in [5, 5.41) is 27.0. The summed E-state index contributed by atoms with van der Waals surface area (Å²) >= 11 is 0. The summed E-state index contributed by atoms with van der Waals surface area (Å²) in [4.78, 5) is 10.4. The quantitative estimate of drug-likeness (QED) is 0.468. The summed E-state index contributed by atoms with van der Waals surface area (Å²) in [7, 11) is 0. The SMILES string of the molecule is O=Cc1cc(O)c(O)c(CCO)c1. The fraction of sp³-hybridized carbons (Fsp3) is 0.222. The van der Waals surface area contributed by atoms with Crippen LogP contribution in [0.4, 0.5) is 0 Å². The highest BCUT2D eigenvalue weighted by atomic mass is 16.3. The smallest absolute Gasteiger partial charge is 0.160 e. The zero-order valence-electron chi connectivity index (χ0n) is 6.90. The van der Waals surface area contributed by atoms with Crippen LogP contribution < -0.4 is 0 Å². The van der Waals surface area contributed by atoms with Crippen molar-refractivity contribution in [3.8, 4) is 11.5 Å². The third kappa shape index (κ3) is 1.97. The maximum Gasteiger partial charge on any atom is 0.160 e. The van der Waals surface area contributed by atoms with Crippen molar-refractivity contribution < 1.29 is 20.1 Å². The second-order valence-electron chi connectivity index (χ2n) is 2.64. The molecule has 0 unspecified atom stereocenters. The molecule has 0 saturated heterocycles. The van der Waals surface area contributed by atoms with E-state index in [2.05, 4.69) is 0 Å². The molecule has 0 fully saturated rings. The number of rotatable bonds is 3. The van der Waals surface area contributed by atoms with Crippen LogP contribution in [0.15, 0.2) is 12.1 Å². The van der Waals surface area contributed by atoms with E-state index >= 15 is 0 Å². The summed E-state index contributed by atoms with van der Waals surface area (Å²) in [6.45, 7) is -0.144. The van der Waals surface area contributed by atoms with Crippen LogP contribution in [-0.4, -0.2) is 28.2 Å². The lowest BCUT2D eigenvalue weighted by molar-refractivity contribution is 0.112. The number of benzene rings is 1. The number of carbonyl (C=O) groups excluding carboxylic acids is 1. The molecule has 0 aliphatic rings. The average Bonchev–Trinajstić information content (AvgIpc) is 2.13. The first-order chi connectivity index (χ1) is 6.19. The summed E-state index contributed by atoms with van der Waals surface area (Å²) in [6, 6.07) is 2.60. The molecule has 3 N–H and O–H groups in total. The van der Waals surface area contributed by atoms with E-state index in [4.69, 9.17) is 10.2 Å². The Morgan fingerprint density at radius 3 is 2.54 bits per heavy atom. The molecule has 0 aromatic heterocycles. The number of aldehydes is 1. The van der Waals surface area contributed by atoms with Gasteiger partial charge >= 0.3 is 0 Å². The monoisotopic (exact) mass is 182 g/mol. The number of aliphatic hydroxyl groups is 1. The first-order valence-electron chi connectivity index (χ1n) is 3.80. The molecule has 0 amide bonds. The van der Waals surface area contributed by atoms with E-state index in [1.807, 2.05) is 0 Å². The summed E-state index contributed by atoms with van der Waals surface area (Å²) in [5.41, 5.74) is 0.642. The normalized spacial score (nSPS) is 9.92. The Bertz CT molecular complexity index is 320. The topological polar surface area (TPSA) is 77.8 Å². The van der Waals surface area contributed by atoms with Crippen molar-refractivity contribution in [2.24, 2.45) is 0 Å². The van der Waals surface area contributed by atoms with Crippen LogP contribution in [0.3, 0.4) is 0 Å². The molecule has 13 heavy (non-hydrogen) atoms. The molecule has 0 aliphatic carbocycles. The second kappa shape index (κ2) is 3.91. The number of phenols is 2. The van der Waals surface area contributed by atoms with Crippen molar-refractivity contribution in [1.82, 2.24) is 0 Å². The molecular formula is C9H10O4. The predicted molar refractivity (Wildman–Crippen MR) is 45.9 cm³/mol. The van der Waals surface area contributed by atoms with Crippen LogP contribution in [0, 0.1) is 0 Å². The van der Waals surface area contributed by atoms with Gasteiger partial charge in [0.05, 0.1) is 0 Å². The fourth-order valence-corrected chi connectivity index (χ4v) is 1.08. The fourth-order valence-electron chi connectivity index (χ4n) is 1.08. The summed E-state index contributed by atoms with van der Waals surface area (Å²) < 4.78 is 0. The van der Waals surface area contributed by atoms with Crippen LogP contribution in [0.25, 0.3) is 0 Å². The third-order valence-electron chi connectivity index (χ3n) is 1.71. The lowest BCUT2D eigenvalue weighted by Gasteiger charge is -2.05. The van der Waals surface area contributed by atoms with Gasteiger partial charge in [-0.15, -0.1) is 0 Å². The van der Waals surface area contributed by atoms with E-state index < -0.39 is 0 Å². The van der Waals surface area contributed by atoms with Gasteiger partial charge < -0.3 is 15.3 Å². The van der Waals surface area contributed by atoms with Crippen molar-refractivity contribution in [1.29, 1.82) is 0 Å². The molecule has 0 spiro atoms. The number of aromatic hydroxyl groups is 2. The van der Waals surface area contributed by atoms with E-state index in [1.54, 1.807) is 0 Å². The van der Waals surface area contributed by atoms with Gasteiger partial charge in [-0.1, -0.05) is 0 Å². The van der Waals surface area contributed by atoms with Crippen molar-refractivity contribution in [3.63, 3.8) is 0 Å². The Morgan fingerprint density at radius 1 is 1.31 bits per heavy atom. The Morgan fingerprint density at radius 2 is 2.00 bits per heavy atom. The van der Waals surface area contributed by atoms with Crippen LogP contribution in [-0.2, 0) is 6.42 Å². The Balaban J connectivity index is 3.16. The van der Waals surface area contributed by atoms with E-state index in [0.29, 0.717) is 11.8 Å². The van der Waals surface area contributed by atoms with Gasteiger partial charge in [-0.3, -0.25) is 4.79 Å². The van der Waals surface area contributed by atoms with Crippen molar-refractivity contribution in [2.75, 3.05) is 6.61 Å². The number of hydrogen-bond acceptors (Lipinski definition) is 4. The van der Waals surface area contributed by atoms with Gasteiger partial charge in [0.15, 0.2) is 11.5 Å². The molecule has 4 nitrogen and oxygen atoms in total. The number of carbonyl (C=O) groups is 1. The molecule has 0 heterocycles. The zero-order chi connectivity index (χ0) is 9.84. The summed E-state index contributed by atoms with van der Waals surface area (Å²) in [6.07, 6.45) is 0.779.